The summed E-state index contributed by atoms with van der Waals surface area (Å²) in [6, 6.07) is 54.1. The Balaban J connectivity index is 0.000000371. The van der Waals surface area contributed by atoms with Crippen molar-refractivity contribution in [3.63, 3.8) is 0 Å². The molecule has 15 aromatic rings. The second kappa shape index (κ2) is 54.1. The van der Waals surface area contributed by atoms with E-state index in [2.05, 4.69) is 87.7 Å². The predicted octanol–water partition coefficient (Wildman–Crippen LogP) is 19.5. The standard InChI is InChI=1S/C12H10F2N3.2C12H8F2NO.C11H6F2N.C11H20O2.3C9H5F2N2.C6H5NO2.4Ir/c1-17(2)8-5-6-15-10(7-8)9-3-4-11(13)16-12(9)14;2*13-9-1-2-10(11(14)6-9)12-5-8(7-16)3-4-15-12;12-8-4-5-9(10(13)7-8)11-3-1-2-6-14-11;1-10(2,3)8(12)7-9(13)11(4,5)6;3*10-7-2-3-9(8(11)6-7)13-5-1-4-12-13;8-6(9)5-3-1-2-4-7-5;;;;/h4-7H,1-2H3;2*1,3-6,16H,7H2;1-4,6-7H;7,12H,1-6H3;3*1-2,4-6H;1-4H,(H,8,9);;;;/q4*-1;;3*-1;;;;;+3. The summed E-state index contributed by atoms with van der Waals surface area (Å²) in [5, 5.41) is 47.1. The Kier molecular flexibility index (Phi) is 46.5. The summed E-state index contributed by atoms with van der Waals surface area (Å²) in [4.78, 5) is 46.0. The maximum absolute atomic E-state index is 13.4. The molecule has 0 amide bonds. The van der Waals surface area contributed by atoms with Gasteiger partial charge in [-0.2, -0.15) is 33.5 Å². The van der Waals surface area contributed by atoms with E-state index in [-0.39, 0.29) is 156 Å². The molecule has 19 nitrogen and oxygen atoms in total. The molecule has 0 saturated heterocycles. The van der Waals surface area contributed by atoms with Gasteiger partial charge in [0.15, 0.2) is 5.78 Å². The Hall–Kier alpha value is -12.1. The minimum Gasteiger partial charge on any atom is -0.512 e. The number of rotatable bonds is 12. The van der Waals surface area contributed by atoms with Crippen LogP contribution < -0.4 is 4.90 Å². The number of benzene rings is 6. The van der Waals surface area contributed by atoms with Crippen molar-refractivity contribution < 1.29 is 172 Å². The number of aromatic carboxylic acids is 1. The van der Waals surface area contributed by atoms with Gasteiger partial charge in [0.25, 0.3) is 0 Å². The summed E-state index contributed by atoms with van der Waals surface area (Å²) in [6.45, 7) is 10.8. The molecule has 4 N–H and O–H groups in total. The quantitative estimate of drug-likeness (QED) is 0.0292. The Morgan fingerprint density at radius 2 is 0.734 bits per heavy atom. The molecule has 0 fully saturated rings. The number of hydrogen-bond acceptors (Lipinski definition) is 15. The van der Waals surface area contributed by atoms with Crippen LogP contribution in [0.4, 0.5) is 67.2 Å². The number of ketones is 1. The van der Waals surface area contributed by atoms with E-state index in [1.807, 2.05) is 60.5 Å². The van der Waals surface area contributed by atoms with Crippen LogP contribution in [0.2, 0.25) is 0 Å². The third-order valence-corrected chi connectivity index (χ3v) is 15.7. The molecular weight excluding hydrogens is 2410 g/mol. The molecule has 0 aliphatic heterocycles. The number of nitrogens with zero attached hydrogens (tertiary/aromatic N) is 13. The fourth-order valence-corrected chi connectivity index (χ4v) is 9.33. The molecule has 128 heavy (non-hydrogen) atoms. The summed E-state index contributed by atoms with van der Waals surface area (Å²) < 4.78 is 185. The number of aromatic nitrogens is 12. The normalized spacial score (nSPS) is 10.3. The fourth-order valence-electron chi connectivity index (χ4n) is 9.33. The van der Waals surface area contributed by atoms with Gasteiger partial charge in [0, 0.05) is 235 Å². The summed E-state index contributed by atoms with van der Waals surface area (Å²) in [6.07, 6.45) is 18.0. The number of carbonyl (C=O) groups is 2. The first kappa shape index (κ1) is 110. The van der Waals surface area contributed by atoms with Crippen LogP contribution >= 0.6 is 0 Å². The van der Waals surface area contributed by atoms with Crippen LogP contribution in [0.1, 0.15) is 63.2 Å². The molecule has 0 aliphatic rings. The number of halogens is 14. The monoisotopic (exact) mass is 2480 g/mol. The zero-order valence-corrected chi connectivity index (χ0v) is 77.6. The Labute approximate surface area is 780 Å². The number of anilines is 1. The summed E-state index contributed by atoms with van der Waals surface area (Å²) in [5.41, 5.74) is 3.67. The van der Waals surface area contributed by atoms with Crippen molar-refractivity contribution in [3.8, 4) is 62.1 Å². The molecule has 37 heteroatoms. The predicted molar refractivity (Wildman–Crippen MR) is 430 cm³/mol. The van der Waals surface area contributed by atoms with Crippen molar-refractivity contribution in [2.45, 2.75) is 54.8 Å². The molecule has 9 aromatic heterocycles. The molecule has 15 rings (SSSR count). The van der Waals surface area contributed by atoms with Crippen molar-refractivity contribution in [1.29, 1.82) is 0 Å². The molecule has 0 bridgehead atoms. The number of pyridine rings is 6. The Bertz CT molecular complexity index is 5690. The topological polar surface area (TPSA) is 249 Å². The molecular formula is C91H72F14Ir4N13O6-4. The fraction of sp³-hybridized carbons (Fsp3) is 0.132. The van der Waals surface area contributed by atoms with Crippen molar-refractivity contribution >= 4 is 17.4 Å². The zero-order chi connectivity index (χ0) is 90.8. The van der Waals surface area contributed by atoms with Crippen LogP contribution in [0.25, 0.3) is 62.1 Å². The number of aliphatic hydroxyl groups is 3. The summed E-state index contributed by atoms with van der Waals surface area (Å²) >= 11 is 0. The van der Waals surface area contributed by atoms with Gasteiger partial charge in [0.05, 0.1) is 13.2 Å². The van der Waals surface area contributed by atoms with E-state index >= 15 is 0 Å². The molecule has 0 saturated carbocycles. The SMILES string of the molecule is CC(C)(C)C(=O)C=C(O)C(C)(C)C.CN(C)c1ccnc(-c2[c-]cc(F)nc2F)c1.Fc1c[c-]c(-c2ccccn2)c(F)c1.Fc1c[c-]c(-n2cccn2)c(F)c1.Fc1c[c-]c(-n2cccn2)c(F)c1.Fc1c[c-]c(-n2cccn2)c(F)c1.O=C(O)c1ccccn1.OCc1ccnc(-c2[c-]cc(F)cc2F)c1.OCc1ccnc(-c2[c-]cc(F)cc2F)c1.[Ir+3].[Ir].[Ir].[Ir]. The Morgan fingerprint density at radius 3 is 1.03 bits per heavy atom. The van der Waals surface area contributed by atoms with Gasteiger partial charge in [-0.25, -0.2) is 18.6 Å². The average molecular weight is 2480 g/mol. The first-order chi connectivity index (χ1) is 58.9. The number of carboxylic acids is 1. The van der Waals surface area contributed by atoms with Gasteiger partial charge in [-0.1, -0.05) is 124 Å². The zero-order valence-electron chi connectivity index (χ0n) is 68.1. The number of carbonyl (C=O) groups excluding carboxylic acids is 1. The van der Waals surface area contributed by atoms with E-state index < -0.39 is 93.1 Å². The van der Waals surface area contributed by atoms with E-state index in [9.17, 15) is 76.2 Å². The number of hydrogen-bond donors (Lipinski definition) is 4. The van der Waals surface area contributed by atoms with E-state index in [0.29, 0.717) is 33.9 Å². The number of aliphatic hydroxyl groups excluding tert-OH is 3. The van der Waals surface area contributed by atoms with Crippen LogP contribution in [0.5, 0.6) is 0 Å². The summed E-state index contributed by atoms with van der Waals surface area (Å²) in [5.74, 6) is -10.7. The van der Waals surface area contributed by atoms with E-state index in [1.54, 1.807) is 104 Å². The minimum atomic E-state index is -0.990. The van der Waals surface area contributed by atoms with Crippen molar-refractivity contribution in [2.24, 2.45) is 10.8 Å². The molecule has 0 unspecified atom stereocenters. The van der Waals surface area contributed by atoms with Gasteiger partial charge >= 0.3 is 26.1 Å². The minimum absolute atomic E-state index is 0. The van der Waals surface area contributed by atoms with Crippen molar-refractivity contribution in [3.05, 3.63) is 391 Å². The van der Waals surface area contributed by atoms with Crippen LogP contribution in [0.3, 0.4) is 0 Å². The van der Waals surface area contributed by atoms with E-state index in [1.165, 1.54) is 75.5 Å². The van der Waals surface area contributed by atoms with Crippen LogP contribution in [-0.2, 0) is 98.4 Å². The van der Waals surface area contributed by atoms with Gasteiger partial charge in [0.1, 0.15) is 23.3 Å². The maximum atomic E-state index is 13.4. The second-order valence-electron chi connectivity index (χ2n) is 27.2. The maximum Gasteiger partial charge on any atom is 3.00 e. The van der Waals surface area contributed by atoms with Crippen molar-refractivity contribution in [2.75, 3.05) is 19.0 Å². The largest absolute Gasteiger partial charge is 3.00 e. The Morgan fingerprint density at radius 1 is 0.391 bits per heavy atom. The van der Waals surface area contributed by atoms with Crippen LogP contribution in [0, 0.1) is 135 Å². The third kappa shape index (κ3) is 35.6. The average Bonchev–Trinajstić information content (AvgIpc) is 1.02. The second-order valence-corrected chi connectivity index (χ2v) is 27.2. The van der Waals surface area contributed by atoms with Gasteiger partial charge in [-0.05, 0) is 106 Å². The first-order valence-electron chi connectivity index (χ1n) is 36.1. The van der Waals surface area contributed by atoms with Gasteiger partial charge in [-0.15, -0.1) is 78.9 Å². The molecule has 6 aromatic carbocycles. The summed E-state index contributed by atoms with van der Waals surface area (Å²) in [7, 11) is 3.73. The van der Waals surface area contributed by atoms with Crippen molar-refractivity contribution in [1.82, 2.24) is 59.2 Å². The third-order valence-electron chi connectivity index (χ3n) is 15.7. The molecule has 675 valence electrons. The molecule has 9 heterocycles. The molecule has 0 atom stereocenters. The molecule has 0 aliphatic carbocycles. The van der Waals surface area contributed by atoms with Gasteiger partial charge < -0.3 is 45.3 Å². The van der Waals surface area contributed by atoms with Crippen LogP contribution in [-0.4, -0.2) is 106 Å². The van der Waals surface area contributed by atoms with E-state index in [0.717, 1.165) is 84.6 Å². The first-order valence-corrected chi connectivity index (χ1v) is 36.1. The van der Waals surface area contributed by atoms with Gasteiger partial charge in [0.2, 0.25) is 0 Å². The van der Waals surface area contributed by atoms with Gasteiger partial charge in [-0.3, -0.25) is 76.5 Å². The molecule has 0 spiro atoms. The number of allylic oxidation sites excluding steroid dienone is 2. The van der Waals surface area contributed by atoms with Crippen LogP contribution in [0.15, 0.2) is 250 Å². The smallest absolute Gasteiger partial charge is 0.512 e. The number of carboxylic acid groups (broad SMARTS) is 1. The molecule has 3 radical (unpaired) electrons. The van der Waals surface area contributed by atoms with E-state index in [4.69, 9.17) is 15.3 Å².